The van der Waals surface area contributed by atoms with E-state index in [1.807, 2.05) is 6.92 Å². The molecule has 0 saturated carbocycles. The van der Waals surface area contributed by atoms with Crippen LogP contribution in [-0.2, 0) is 11.3 Å². The molecule has 1 aromatic heterocycles. The lowest BCUT2D eigenvalue weighted by Crippen LogP contribution is -2.27. The van der Waals surface area contributed by atoms with Gasteiger partial charge in [-0.2, -0.15) is 0 Å². The van der Waals surface area contributed by atoms with Gasteiger partial charge in [-0.3, -0.25) is 5.32 Å². The molecule has 35 heavy (non-hydrogen) atoms. The maximum absolute atomic E-state index is 14.0. The summed E-state index contributed by atoms with van der Waals surface area (Å²) in [4.78, 5) is 16.4. The molecule has 2 aromatic rings. The molecule has 0 aliphatic carbocycles. The first-order chi connectivity index (χ1) is 16.4. The lowest BCUT2D eigenvalue weighted by molar-refractivity contribution is 0.0634. The number of hydrogen-bond acceptors (Lipinski definition) is 7. The molecular weight excluding hydrogens is 566 g/mol. The van der Waals surface area contributed by atoms with Gasteiger partial charge in [-0.05, 0) is 99.9 Å². The van der Waals surface area contributed by atoms with Crippen LogP contribution >= 0.6 is 22.6 Å². The van der Waals surface area contributed by atoms with Gasteiger partial charge in [0.05, 0.1) is 6.61 Å². The first-order valence-electron chi connectivity index (χ1n) is 11.1. The molecule has 0 aliphatic heterocycles. The smallest absolute Gasteiger partial charge is 0.413 e. The fourth-order valence-electron chi connectivity index (χ4n) is 2.86. The molecule has 0 fully saturated rings. The van der Waals surface area contributed by atoms with Crippen molar-refractivity contribution in [1.82, 2.24) is 4.98 Å². The zero-order valence-corrected chi connectivity index (χ0v) is 22.8. The summed E-state index contributed by atoms with van der Waals surface area (Å²) in [6.07, 6.45) is 2.15. The molecule has 0 saturated heterocycles. The first-order valence-corrected chi connectivity index (χ1v) is 12.1. The van der Waals surface area contributed by atoms with Gasteiger partial charge in [0.2, 0.25) is 0 Å². The van der Waals surface area contributed by atoms with Crippen LogP contribution in [-0.4, -0.2) is 29.0 Å². The van der Waals surface area contributed by atoms with Gasteiger partial charge in [0.1, 0.15) is 23.8 Å². The van der Waals surface area contributed by atoms with Crippen molar-refractivity contribution >= 4 is 40.2 Å². The predicted molar refractivity (Wildman–Crippen MR) is 143 cm³/mol. The van der Waals surface area contributed by atoms with Gasteiger partial charge in [0.25, 0.3) is 0 Å². The second kappa shape index (κ2) is 12.7. The van der Waals surface area contributed by atoms with E-state index in [2.05, 4.69) is 32.9 Å². The molecule has 0 radical (unpaired) electrons. The molecule has 190 valence electrons. The summed E-state index contributed by atoms with van der Waals surface area (Å²) in [7, 11) is 0. The maximum Gasteiger partial charge on any atom is 0.413 e. The van der Waals surface area contributed by atoms with E-state index in [1.165, 1.54) is 12.1 Å². The number of amides is 1. The predicted octanol–water partition coefficient (Wildman–Crippen LogP) is 6.18. The van der Waals surface area contributed by atoms with E-state index in [4.69, 9.17) is 25.4 Å². The van der Waals surface area contributed by atoms with Gasteiger partial charge < -0.3 is 25.4 Å². The highest BCUT2D eigenvalue weighted by Gasteiger charge is 2.19. The van der Waals surface area contributed by atoms with Gasteiger partial charge >= 0.3 is 6.09 Å². The Kier molecular flexibility index (Phi) is 10.3. The Bertz CT molecular complexity index is 1100. The Labute approximate surface area is 219 Å². The number of allylic oxidation sites excluding steroid dienone is 2. The van der Waals surface area contributed by atoms with Crippen molar-refractivity contribution in [3.63, 3.8) is 0 Å². The number of aromatic nitrogens is 1. The number of ether oxygens (including phenoxy) is 3. The van der Waals surface area contributed by atoms with Crippen molar-refractivity contribution < 1.29 is 23.4 Å². The topological polar surface area (TPSA) is 120 Å². The fourth-order valence-corrected chi connectivity index (χ4v) is 3.28. The summed E-state index contributed by atoms with van der Waals surface area (Å²) in [5, 5.41) is 10.3. The van der Waals surface area contributed by atoms with Crippen molar-refractivity contribution in [3.05, 3.63) is 56.7 Å². The van der Waals surface area contributed by atoms with Crippen molar-refractivity contribution in [3.8, 4) is 11.5 Å². The van der Waals surface area contributed by atoms with Crippen molar-refractivity contribution in [2.45, 2.75) is 59.7 Å². The Morgan fingerprint density at radius 2 is 1.91 bits per heavy atom. The molecule has 1 amide bonds. The second-order valence-electron chi connectivity index (χ2n) is 8.90. The third-order valence-electron chi connectivity index (χ3n) is 4.74. The van der Waals surface area contributed by atoms with Gasteiger partial charge in [-0.25, -0.2) is 14.2 Å². The number of carbonyl (C=O) groups is 1. The van der Waals surface area contributed by atoms with E-state index in [-0.39, 0.29) is 12.4 Å². The Balaban J connectivity index is 2.08. The number of hydrogen-bond donors (Lipinski definition) is 3. The van der Waals surface area contributed by atoms with Crippen molar-refractivity contribution in [2.24, 2.45) is 5.73 Å². The van der Waals surface area contributed by atoms with Crippen LogP contribution in [0, 0.1) is 14.8 Å². The molecule has 0 unspecified atom stereocenters. The molecular formula is C25H32FIN4O4. The van der Waals surface area contributed by atoms with Crippen LogP contribution in [0.25, 0.3) is 0 Å². The number of rotatable bonds is 10. The van der Waals surface area contributed by atoms with Crippen LogP contribution < -0.4 is 20.5 Å². The molecule has 8 nitrogen and oxygen atoms in total. The summed E-state index contributed by atoms with van der Waals surface area (Å²) < 4.78 is 31.8. The highest BCUT2D eigenvalue weighted by atomic mass is 127. The Hall–Kier alpha value is -2.89. The van der Waals surface area contributed by atoms with Crippen molar-refractivity contribution in [2.75, 3.05) is 11.9 Å². The number of nitrogens with two attached hydrogens (primary N) is 1. The van der Waals surface area contributed by atoms with Gasteiger partial charge in [0, 0.05) is 26.7 Å². The molecule has 1 aromatic carbocycles. The summed E-state index contributed by atoms with van der Waals surface area (Å²) in [6, 6.07) is 5.92. The number of carbonyl (C=O) groups excluding carboxylic acids is 1. The van der Waals surface area contributed by atoms with Crippen LogP contribution in [0.2, 0.25) is 0 Å². The van der Waals surface area contributed by atoms with E-state index in [1.54, 1.807) is 46.0 Å². The van der Waals surface area contributed by atoms with E-state index < -0.39 is 17.5 Å². The molecule has 2 rings (SSSR count). The van der Waals surface area contributed by atoms with Crippen LogP contribution in [0.1, 0.15) is 53.0 Å². The van der Waals surface area contributed by atoms with Crippen LogP contribution in [0.5, 0.6) is 11.5 Å². The lowest BCUT2D eigenvalue weighted by atomic mass is 10.1. The third kappa shape index (κ3) is 9.71. The Morgan fingerprint density at radius 3 is 2.57 bits per heavy atom. The van der Waals surface area contributed by atoms with E-state index >= 15 is 0 Å². The average Bonchev–Trinajstić information content (AvgIpc) is 2.75. The fraction of sp³-hybridized carbons (Fsp3) is 0.400. The average molecular weight is 598 g/mol. The monoisotopic (exact) mass is 598 g/mol. The number of pyridine rings is 1. The van der Waals surface area contributed by atoms with Crippen molar-refractivity contribution in [1.29, 1.82) is 5.41 Å². The van der Waals surface area contributed by atoms with Crippen LogP contribution in [0.15, 0.2) is 41.7 Å². The summed E-state index contributed by atoms with van der Waals surface area (Å²) in [5.41, 5.74) is 7.71. The minimum absolute atomic E-state index is 0.00792. The quantitative estimate of drug-likeness (QED) is 0.171. The van der Waals surface area contributed by atoms with E-state index in [0.717, 1.165) is 9.14 Å². The molecule has 0 aliphatic rings. The second-order valence-corrected chi connectivity index (χ2v) is 10.1. The summed E-state index contributed by atoms with van der Waals surface area (Å²) in [6.45, 7) is 9.15. The zero-order valence-electron chi connectivity index (χ0n) is 20.6. The zero-order chi connectivity index (χ0) is 26.2. The molecule has 0 bridgehead atoms. The minimum atomic E-state index is -0.667. The van der Waals surface area contributed by atoms with Gasteiger partial charge in [-0.1, -0.05) is 0 Å². The standard InChI is InChI=1S/C25H32FIN4O4/c1-15(16(2)28)20(29)7-6-10-33-21-9-8-18(26)11-17(21)14-34-22-12-19(27)13-30-23(22)31-24(32)35-25(3,4)5/h8-9,11-13,28H,6-7,10,14,29H2,1-5H3,(H,30,31,32)/b20-15-,28-16?. The highest BCUT2D eigenvalue weighted by Crippen LogP contribution is 2.28. The van der Waals surface area contributed by atoms with E-state index in [0.29, 0.717) is 47.9 Å². The number of anilines is 1. The maximum atomic E-state index is 14.0. The van der Waals surface area contributed by atoms with Crippen LogP contribution in [0.4, 0.5) is 15.0 Å². The minimum Gasteiger partial charge on any atom is -0.493 e. The first kappa shape index (κ1) is 28.3. The number of halogens is 2. The molecule has 4 N–H and O–H groups in total. The van der Waals surface area contributed by atoms with Crippen LogP contribution in [0.3, 0.4) is 0 Å². The lowest BCUT2D eigenvalue weighted by Gasteiger charge is -2.20. The summed E-state index contributed by atoms with van der Waals surface area (Å²) in [5.74, 6) is 0.563. The number of benzene rings is 1. The third-order valence-corrected chi connectivity index (χ3v) is 5.33. The molecule has 10 heteroatoms. The SMILES string of the molecule is CC(=N)/C(C)=C(\N)CCCOc1ccc(F)cc1COc1cc(I)cnc1NC(=O)OC(C)(C)C. The largest absolute Gasteiger partial charge is 0.493 e. The normalized spacial score (nSPS) is 12.0. The molecule has 0 atom stereocenters. The summed E-state index contributed by atoms with van der Waals surface area (Å²) >= 11 is 2.08. The highest BCUT2D eigenvalue weighted by molar-refractivity contribution is 14.1. The molecule has 1 heterocycles. The van der Waals surface area contributed by atoms with Gasteiger partial charge in [-0.15, -0.1) is 0 Å². The number of nitrogens with one attached hydrogen (secondary N) is 2. The van der Waals surface area contributed by atoms with Gasteiger partial charge in [0.15, 0.2) is 11.6 Å². The molecule has 0 spiro atoms. The van der Waals surface area contributed by atoms with E-state index in [9.17, 15) is 9.18 Å². The Morgan fingerprint density at radius 1 is 1.20 bits per heavy atom. The number of nitrogens with zero attached hydrogens (tertiary/aromatic N) is 1.